The quantitative estimate of drug-likeness (QED) is 0.783. The lowest BCUT2D eigenvalue weighted by molar-refractivity contribution is -0.120. The lowest BCUT2D eigenvalue weighted by atomic mass is 9.85. The molecule has 0 N–H and O–H groups in total. The Morgan fingerprint density at radius 1 is 1.29 bits per heavy atom. The molecule has 6 heteroatoms. The molecule has 2 aliphatic heterocycles. The topological polar surface area (TPSA) is 46.1 Å². The summed E-state index contributed by atoms with van der Waals surface area (Å²) >= 11 is 6.08. The van der Waals surface area contributed by atoms with Gasteiger partial charge in [-0.15, -0.1) is 0 Å². The molecule has 124 valence electrons. The van der Waals surface area contributed by atoms with Gasteiger partial charge in [0.15, 0.2) is 5.78 Å². The summed E-state index contributed by atoms with van der Waals surface area (Å²) < 4.78 is 13.2. The molecule has 1 aromatic carbocycles. The first-order valence-electron chi connectivity index (χ1n) is 8.18. The molecule has 0 bridgehead atoms. The number of carbonyl (C=O) groups excluding carboxylic acids is 1. The van der Waals surface area contributed by atoms with Crippen molar-refractivity contribution in [3.05, 3.63) is 52.2 Å². The van der Waals surface area contributed by atoms with Gasteiger partial charge in [0.05, 0.1) is 11.7 Å². The lowest BCUT2D eigenvalue weighted by Crippen LogP contribution is -2.45. The van der Waals surface area contributed by atoms with E-state index in [2.05, 4.69) is 14.9 Å². The highest BCUT2D eigenvalue weighted by Gasteiger charge is 2.45. The molecule has 2 aliphatic rings. The molecule has 0 spiro atoms. The van der Waals surface area contributed by atoms with E-state index in [0.717, 1.165) is 42.0 Å². The van der Waals surface area contributed by atoms with E-state index in [0.29, 0.717) is 6.42 Å². The number of fused-ring (bicyclic) bond motifs is 3. The highest BCUT2D eigenvalue weighted by molar-refractivity contribution is 6.28. The molecule has 1 fully saturated rings. The lowest BCUT2D eigenvalue weighted by Gasteiger charge is -2.34. The van der Waals surface area contributed by atoms with E-state index < -0.39 is 0 Å². The number of aryl methyl sites for hydroxylation is 1. The van der Waals surface area contributed by atoms with Crippen LogP contribution < -0.4 is 4.90 Å². The summed E-state index contributed by atoms with van der Waals surface area (Å²) in [5.74, 6) is 0.766. The summed E-state index contributed by atoms with van der Waals surface area (Å²) in [4.78, 5) is 23.6. The minimum absolute atomic E-state index is 0.0602. The van der Waals surface area contributed by atoms with Crippen molar-refractivity contribution in [2.45, 2.75) is 38.1 Å². The van der Waals surface area contributed by atoms with Gasteiger partial charge in [-0.25, -0.2) is 14.4 Å². The normalized spacial score (nSPS) is 22.5. The fourth-order valence-corrected chi connectivity index (χ4v) is 4.15. The van der Waals surface area contributed by atoms with Gasteiger partial charge >= 0.3 is 0 Å². The fourth-order valence-electron chi connectivity index (χ4n) is 3.96. The largest absolute Gasteiger partial charge is 0.346 e. The number of carbonyl (C=O) groups is 1. The van der Waals surface area contributed by atoms with Crippen LogP contribution in [-0.4, -0.2) is 28.3 Å². The molecule has 24 heavy (non-hydrogen) atoms. The van der Waals surface area contributed by atoms with Crippen LogP contribution in [0.25, 0.3) is 0 Å². The minimum Gasteiger partial charge on any atom is -0.346 e. The van der Waals surface area contributed by atoms with Crippen molar-refractivity contribution in [2.24, 2.45) is 0 Å². The van der Waals surface area contributed by atoms with Crippen LogP contribution in [0.1, 0.15) is 36.1 Å². The van der Waals surface area contributed by atoms with Crippen molar-refractivity contribution in [3.63, 3.8) is 0 Å². The molecule has 4 rings (SSSR count). The van der Waals surface area contributed by atoms with Crippen molar-refractivity contribution in [2.75, 3.05) is 11.4 Å². The summed E-state index contributed by atoms with van der Waals surface area (Å²) in [5, 5.41) is 0.226. The van der Waals surface area contributed by atoms with Gasteiger partial charge < -0.3 is 4.90 Å². The summed E-state index contributed by atoms with van der Waals surface area (Å²) in [6.07, 6.45) is 1.90. The number of anilines is 1. The van der Waals surface area contributed by atoms with E-state index in [-0.39, 0.29) is 28.8 Å². The van der Waals surface area contributed by atoms with Gasteiger partial charge in [-0.2, -0.15) is 0 Å². The van der Waals surface area contributed by atoms with Gasteiger partial charge in [-0.05, 0) is 42.1 Å². The number of Topliss-reactive ketones (excluding diaryl/α,β-unsaturated/α-hetero) is 1. The Labute approximate surface area is 144 Å². The maximum absolute atomic E-state index is 13.2. The Hall–Kier alpha value is -2.01. The average molecular weight is 346 g/mol. The van der Waals surface area contributed by atoms with Crippen LogP contribution in [0.15, 0.2) is 24.3 Å². The first-order chi connectivity index (χ1) is 11.6. The van der Waals surface area contributed by atoms with Crippen molar-refractivity contribution >= 4 is 23.2 Å². The van der Waals surface area contributed by atoms with Gasteiger partial charge in [0.2, 0.25) is 5.28 Å². The number of rotatable bonds is 2. The zero-order valence-electron chi connectivity index (χ0n) is 13.3. The third-order valence-corrected chi connectivity index (χ3v) is 5.20. The average Bonchev–Trinajstić information content (AvgIpc) is 3.02. The Balaban J connectivity index is 1.76. The first kappa shape index (κ1) is 15.5. The molecule has 0 radical (unpaired) electrons. The van der Waals surface area contributed by atoms with Crippen LogP contribution in [0.3, 0.4) is 0 Å². The Bertz CT molecular complexity index is 809. The van der Waals surface area contributed by atoms with Crippen LogP contribution in [0.5, 0.6) is 0 Å². The maximum atomic E-state index is 13.2. The number of hydrogen-bond donors (Lipinski definition) is 0. The SMILES string of the molecule is CCc1nc(Cl)nc2c1CC(=O)[C@H]1[C@@H](c3ccc(F)cc3)CCN21. The highest BCUT2D eigenvalue weighted by atomic mass is 35.5. The van der Waals surface area contributed by atoms with E-state index in [1.54, 1.807) is 12.1 Å². The second-order valence-electron chi connectivity index (χ2n) is 6.32. The molecular formula is C18H17ClFN3O. The van der Waals surface area contributed by atoms with E-state index in [4.69, 9.17) is 11.6 Å². The minimum atomic E-state index is -0.263. The second kappa shape index (κ2) is 5.81. The van der Waals surface area contributed by atoms with Gasteiger partial charge in [0, 0.05) is 24.4 Å². The third-order valence-electron chi connectivity index (χ3n) is 5.03. The number of benzene rings is 1. The predicted octanol–water partition coefficient (Wildman–Crippen LogP) is 3.32. The molecule has 4 nitrogen and oxygen atoms in total. The maximum Gasteiger partial charge on any atom is 0.224 e. The molecule has 0 unspecified atom stereocenters. The molecule has 3 heterocycles. The zero-order valence-corrected chi connectivity index (χ0v) is 14.1. The summed E-state index contributed by atoms with van der Waals surface area (Å²) in [5.41, 5.74) is 2.75. The molecule has 0 saturated carbocycles. The van der Waals surface area contributed by atoms with E-state index in [1.165, 1.54) is 12.1 Å². The third kappa shape index (κ3) is 2.38. The Morgan fingerprint density at radius 3 is 2.75 bits per heavy atom. The van der Waals surface area contributed by atoms with Crippen molar-refractivity contribution in [1.29, 1.82) is 0 Å². The summed E-state index contributed by atoms with van der Waals surface area (Å²) in [6, 6.07) is 6.20. The highest BCUT2D eigenvalue weighted by Crippen LogP contribution is 2.42. The van der Waals surface area contributed by atoms with Gasteiger partial charge in [0.25, 0.3) is 0 Å². The zero-order chi connectivity index (χ0) is 16.8. The van der Waals surface area contributed by atoms with Crippen LogP contribution in [0.2, 0.25) is 5.28 Å². The van der Waals surface area contributed by atoms with E-state index in [1.807, 2.05) is 6.92 Å². The Kier molecular flexibility index (Phi) is 3.76. The van der Waals surface area contributed by atoms with Crippen molar-refractivity contribution < 1.29 is 9.18 Å². The first-order valence-corrected chi connectivity index (χ1v) is 8.56. The number of hydrogen-bond acceptors (Lipinski definition) is 4. The number of ketones is 1. The van der Waals surface area contributed by atoms with Crippen LogP contribution in [-0.2, 0) is 17.6 Å². The second-order valence-corrected chi connectivity index (χ2v) is 6.66. The number of halogens is 2. The smallest absolute Gasteiger partial charge is 0.224 e. The molecule has 1 aromatic heterocycles. The van der Waals surface area contributed by atoms with Gasteiger partial charge in [-0.1, -0.05) is 19.1 Å². The van der Waals surface area contributed by atoms with Crippen LogP contribution in [0.4, 0.5) is 10.2 Å². The number of aromatic nitrogens is 2. The fraction of sp³-hybridized carbons (Fsp3) is 0.389. The predicted molar refractivity (Wildman–Crippen MR) is 90.0 cm³/mol. The molecule has 2 aromatic rings. The van der Waals surface area contributed by atoms with Crippen molar-refractivity contribution in [1.82, 2.24) is 9.97 Å². The number of nitrogens with zero attached hydrogens (tertiary/aromatic N) is 3. The summed E-state index contributed by atoms with van der Waals surface area (Å²) in [6.45, 7) is 2.74. The summed E-state index contributed by atoms with van der Waals surface area (Å²) in [7, 11) is 0. The molecule has 1 saturated heterocycles. The van der Waals surface area contributed by atoms with E-state index in [9.17, 15) is 9.18 Å². The molecule has 0 amide bonds. The van der Waals surface area contributed by atoms with Crippen LogP contribution >= 0.6 is 11.6 Å². The molecule has 2 atom stereocenters. The van der Waals surface area contributed by atoms with Crippen molar-refractivity contribution in [3.8, 4) is 0 Å². The molecular weight excluding hydrogens is 329 g/mol. The monoisotopic (exact) mass is 345 g/mol. The molecule has 0 aliphatic carbocycles. The Morgan fingerprint density at radius 2 is 2.04 bits per heavy atom. The van der Waals surface area contributed by atoms with Crippen LogP contribution in [0, 0.1) is 5.82 Å². The standard InChI is InChI=1S/C18H17ClFN3O/c1-2-14-13-9-15(24)16-12(10-3-5-11(20)6-4-10)7-8-23(16)17(13)22-18(19)21-14/h3-6,12,16H,2,7-9H2,1H3/t12-,16-/m1/s1. The van der Waals surface area contributed by atoms with E-state index >= 15 is 0 Å². The van der Waals surface area contributed by atoms with Gasteiger partial charge in [-0.3, -0.25) is 4.79 Å². The van der Waals surface area contributed by atoms with Gasteiger partial charge in [0.1, 0.15) is 11.6 Å².